The van der Waals surface area contributed by atoms with Crippen molar-refractivity contribution in [1.82, 2.24) is 4.98 Å². The molecule has 0 fully saturated rings. The number of pyridine rings is 1. The van der Waals surface area contributed by atoms with Crippen molar-refractivity contribution in [3.8, 4) is 22.8 Å². The van der Waals surface area contributed by atoms with Gasteiger partial charge in [0.2, 0.25) is 0 Å². The Morgan fingerprint density at radius 1 is 0.947 bits per heavy atom. The molecular formula is C16H13NO2. The predicted molar refractivity (Wildman–Crippen MR) is 75.4 cm³/mol. The second-order valence-electron chi connectivity index (χ2n) is 4.24. The van der Waals surface area contributed by atoms with Gasteiger partial charge in [-0.05, 0) is 6.07 Å². The van der Waals surface area contributed by atoms with Crippen molar-refractivity contribution in [1.29, 1.82) is 0 Å². The van der Waals surface area contributed by atoms with Gasteiger partial charge in [0.1, 0.15) is 17.2 Å². The number of ether oxygens (including phenoxy) is 1. The van der Waals surface area contributed by atoms with Crippen LogP contribution < -0.4 is 4.74 Å². The Bertz CT molecular complexity index is 723. The van der Waals surface area contributed by atoms with Gasteiger partial charge in [-0.2, -0.15) is 0 Å². The Labute approximate surface area is 111 Å². The second-order valence-corrected chi connectivity index (χ2v) is 4.24. The molecule has 0 atom stereocenters. The third-order valence-electron chi connectivity index (χ3n) is 3.14. The summed E-state index contributed by atoms with van der Waals surface area (Å²) in [5, 5.41) is 12.0. The van der Waals surface area contributed by atoms with Crippen LogP contribution in [0.25, 0.3) is 22.0 Å². The third-order valence-corrected chi connectivity index (χ3v) is 3.14. The molecule has 3 aromatic rings. The van der Waals surface area contributed by atoms with Gasteiger partial charge in [-0.1, -0.05) is 42.5 Å². The standard InChI is InChI=1S/C16H13NO2/c1-19-14-9-5-8-12-13(14)10-17-15(16(12)18)11-6-3-2-4-7-11/h2-10,18H,1H3. The van der Waals surface area contributed by atoms with Crippen LogP contribution in [0.5, 0.6) is 11.5 Å². The Morgan fingerprint density at radius 3 is 2.47 bits per heavy atom. The SMILES string of the molecule is COc1cccc2c(O)c(-c3ccccc3)ncc12. The van der Waals surface area contributed by atoms with E-state index in [9.17, 15) is 5.11 Å². The summed E-state index contributed by atoms with van der Waals surface area (Å²) in [6, 6.07) is 15.2. The Balaban J connectivity index is 2.28. The fourth-order valence-electron chi connectivity index (χ4n) is 2.19. The van der Waals surface area contributed by atoms with Crippen LogP contribution in [0.2, 0.25) is 0 Å². The molecule has 1 N–H and O–H groups in total. The predicted octanol–water partition coefficient (Wildman–Crippen LogP) is 3.62. The van der Waals surface area contributed by atoms with Gasteiger partial charge in [-0.25, -0.2) is 0 Å². The summed E-state index contributed by atoms with van der Waals surface area (Å²) >= 11 is 0. The van der Waals surface area contributed by atoms with Gasteiger partial charge < -0.3 is 9.84 Å². The van der Waals surface area contributed by atoms with Crippen molar-refractivity contribution in [2.45, 2.75) is 0 Å². The number of aromatic nitrogens is 1. The van der Waals surface area contributed by atoms with Crippen LogP contribution in [-0.4, -0.2) is 17.2 Å². The van der Waals surface area contributed by atoms with Crippen molar-refractivity contribution in [3.63, 3.8) is 0 Å². The minimum Gasteiger partial charge on any atom is -0.505 e. The lowest BCUT2D eigenvalue weighted by Gasteiger charge is -2.09. The summed E-state index contributed by atoms with van der Waals surface area (Å²) in [6.45, 7) is 0. The molecule has 0 aliphatic carbocycles. The maximum absolute atomic E-state index is 10.4. The van der Waals surface area contributed by atoms with Crippen molar-refractivity contribution in [3.05, 3.63) is 54.7 Å². The van der Waals surface area contributed by atoms with Crippen molar-refractivity contribution >= 4 is 10.8 Å². The number of benzene rings is 2. The second kappa shape index (κ2) is 4.61. The highest BCUT2D eigenvalue weighted by Gasteiger charge is 2.11. The average molecular weight is 251 g/mol. The van der Waals surface area contributed by atoms with Gasteiger partial charge in [-0.3, -0.25) is 4.98 Å². The molecule has 0 aliphatic rings. The normalized spacial score (nSPS) is 10.6. The van der Waals surface area contributed by atoms with Crippen molar-refractivity contribution < 1.29 is 9.84 Å². The fourth-order valence-corrected chi connectivity index (χ4v) is 2.19. The Hall–Kier alpha value is -2.55. The smallest absolute Gasteiger partial charge is 0.149 e. The van der Waals surface area contributed by atoms with Crippen molar-refractivity contribution in [2.75, 3.05) is 7.11 Å². The zero-order valence-electron chi connectivity index (χ0n) is 10.5. The van der Waals surface area contributed by atoms with E-state index in [-0.39, 0.29) is 5.75 Å². The van der Waals surface area contributed by atoms with E-state index in [1.54, 1.807) is 13.3 Å². The number of rotatable bonds is 2. The zero-order valence-corrected chi connectivity index (χ0v) is 10.5. The molecule has 0 bridgehead atoms. The molecule has 1 aromatic heterocycles. The minimum atomic E-state index is 0.183. The van der Waals surface area contributed by atoms with E-state index in [1.165, 1.54) is 0 Å². The van der Waals surface area contributed by atoms with Gasteiger partial charge in [0, 0.05) is 22.5 Å². The molecule has 19 heavy (non-hydrogen) atoms. The van der Waals surface area contributed by atoms with Gasteiger partial charge in [0.15, 0.2) is 0 Å². The van der Waals surface area contributed by atoms with E-state index in [0.29, 0.717) is 11.4 Å². The summed E-state index contributed by atoms with van der Waals surface area (Å²) in [6.07, 6.45) is 1.73. The molecule has 2 aromatic carbocycles. The molecule has 3 nitrogen and oxygen atoms in total. The molecule has 0 saturated heterocycles. The average Bonchev–Trinajstić information content (AvgIpc) is 2.48. The topological polar surface area (TPSA) is 42.4 Å². The van der Waals surface area contributed by atoms with Gasteiger partial charge in [0.25, 0.3) is 0 Å². The van der Waals surface area contributed by atoms with Gasteiger partial charge in [0.05, 0.1) is 7.11 Å². The molecule has 0 amide bonds. The van der Waals surface area contributed by atoms with Gasteiger partial charge in [-0.15, -0.1) is 0 Å². The number of hydrogen-bond donors (Lipinski definition) is 1. The molecule has 0 aliphatic heterocycles. The number of nitrogens with zero attached hydrogens (tertiary/aromatic N) is 1. The molecule has 1 heterocycles. The first-order chi connectivity index (χ1) is 9.31. The first-order valence-electron chi connectivity index (χ1n) is 6.01. The van der Waals surface area contributed by atoms with Gasteiger partial charge >= 0.3 is 0 Å². The largest absolute Gasteiger partial charge is 0.505 e. The highest BCUT2D eigenvalue weighted by molar-refractivity contribution is 5.96. The van der Waals surface area contributed by atoms with E-state index < -0.39 is 0 Å². The highest BCUT2D eigenvalue weighted by Crippen LogP contribution is 2.36. The summed E-state index contributed by atoms with van der Waals surface area (Å²) < 4.78 is 5.28. The first kappa shape index (κ1) is 11.5. The van der Waals surface area contributed by atoms with E-state index in [0.717, 1.165) is 16.3 Å². The van der Waals surface area contributed by atoms with Crippen LogP contribution in [0.3, 0.4) is 0 Å². The maximum atomic E-state index is 10.4. The monoisotopic (exact) mass is 251 g/mol. The Kier molecular flexibility index (Phi) is 2.80. The molecular weight excluding hydrogens is 238 g/mol. The van der Waals surface area contributed by atoms with Crippen LogP contribution in [0.4, 0.5) is 0 Å². The fraction of sp³-hybridized carbons (Fsp3) is 0.0625. The highest BCUT2D eigenvalue weighted by atomic mass is 16.5. The van der Waals surface area contributed by atoms with Crippen molar-refractivity contribution in [2.24, 2.45) is 0 Å². The van der Waals surface area contributed by atoms with E-state index >= 15 is 0 Å². The molecule has 3 heteroatoms. The molecule has 3 rings (SSSR count). The molecule has 0 radical (unpaired) electrons. The lowest BCUT2D eigenvalue weighted by molar-refractivity contribution is 0.419. The number of fused-ring (bicyclic) bond motifs is 1. The van der Waals surface area contributed by atoms with E-state index in [4.69, 9.17) is 4.74 Å². The summed E-state index contributed by atoms with van der Waals surface area (Å²) in [4.78, 5) is 4.36. The summed E-state index contributed by atoms with van der Waals surface area (Å²) in [5.74, 6) is 0.891. The van der Waals surface area contributed by atoms with Crippen LogP contribution in [0, 0.1) is 0 Å². The number of methoxy groups -OCH3 is 1. The van der Waals surface area contributed by atoms with Crippen LogP contribution in [0.15, 0.2) is 54.7 Å². The maximum Gasteiger partial charge on any atom is 0.149 e. The minimum absolute atomic E-state index is 0.183. The van der Waals surface area contributed by atoms with Crippen LogP contribution in [-0.2, 0) is 0 Å². The molecule has 0 spiro atoms. The lowest BCUT2D eigenvalue weighted by Crippen LogP contribution is -1.89. The van der Waals surface area contributed by atoms with Crippen LogP contribution in [0.1, 0.15) is 0 Å². The Morgan fingerprint density at radius 2 is 1.74 bits per heavy atom. The molecule has 0 unspecified atom stereocenters. The first-order valence-corrected chi connectivity index (χ1v) is 6.01. The summed E-state index contributed by atoms with van der Waals surface area (Å²) in [5.41, 5.74) is 1.48. The lowest BCUT2D eigenvalue weighted by atomic mass is 10.1. The van der Waals surface area contributed by atoms with Crippen LogP contribution >= 0.6 is 0 Å². The zero-order chi connectivity index (χ0) is 13.2. The van der Waals surface area contributed by atoms with E-state index in [1.807, 2.05) is 48.5 Å². The van der Waals surface area contributed by atoms with E-state index in [2.05, 4.69) is 4.98 Å². The summed E-state index contributed by atoms with van der Waals surface area (Å²) in [7, 11) is 1.61. The molecule has 94 valence electrons. The molecule has 0 saturated carbocycles. The quantitative estimate of drug-likeness (QED) is 0.756. The number of aromatic hydroxyl groups is 1. The third kappa shape index (κ3) is 1.89. The number of hydrogen-bond acceptors (Lipinski definition) is 3.